The molecule has 10 atom stereocenters. The Kier molecular flexibility index (Phi) is 8.82. The number of carboxylic acids is 1. The van der Waals surface area contributed by atoms with Crippen molar-refractivity contribution in [2.24, 2.45) is 44.8 Å². The number of hydrogen-bond donors (Lipinski definition) is 2. The summed E-state index contributed by atoms with van der Waals surface area (Å²) < 4.78 is 21.7. The van der Waals surface area contributed by atoms with E-state index in [0.29, 0.717) is 44.3 Å². The third-order valence-electron chi connectivity index (χ3n) is 15.0. The average Bonchev–Trinajstić information content (AvgIpc) is 3.42. The monoisotopic (exact) mass is 697 g/mol. The first kappa shape index (κ1) is 36.4. The molecule has 1 amide bonds. The first-order valence-electron chi connectivity index (χ1n) is 18.6. The van der Waals surface area contributed by atoms with Gasteiger partial charge in [-0.25, -0.2) is 9.59 Å². The molecule has 0 bridgehead atoms. The molecule has 4 saturated carbocycles. The standard InChI is InChI=1S/C39H55NO10/c1-9-25-26(49-33(46)48-25)21-47-32(45)40-39(8)27-11-14-38(7)30(36(27,5)13-12-28(39)50-29(42)10-2)24(41)19-22-23-20-35(4,31(43)44)16-15-34(23,3)17-18-37(22,38)6/h19,23,27-28,30H,9-18,20-21H2,1-8H3,(H,40,45)(H,43,44)/t23-,27+,28-,30+,34+,35-,36-,37+,38+,39-/m0/s1. The molecule has 0 radical (unpaired) electrons. The van der Waals surface area contributed by atoms with Gasteiger partial charge in [-0.1, -0.05) is 47.1 Å². The van der Waals surface area contributed by atoms with Gasteiger partial charge in [0.1, 0.15) is 6.10 Å². The summed E-state index contributed by atoms with van der Waals surface area (Å²) in [7, 11) is 0. The zero-order valence-electron chi connectivity index (χ0n) is 31.0. The fourth-order valence-electron chi connectivity index (χ4n) is 11.7. The van der Waals surface area contributed by atoms with Crippen molar-refractivity contribution < 1.29 is 42.6 Å². The number of amides is 1. The van der Waals surface area contributed by atoms with Crippen LogP contribution < -0.4 is 11.1 Å². The third-order valence-corrected chi connectivity index (χ3v) is 15.0. The molecule has 0 aliphatic heterocycles. The molecule has 0 spiro atoms. The Balaban J connectivity index is 1.35. The van der Waals surface area contributed by atoms with Crippen molar-refractivity contribution in [2.45, 2.75) is 144 Å². The highest BCUT2D eigenvalue weighted by Crippen LogP contribution is 2.74. The van der Waals surface area contributed by atoms with E-state index >= 15 is 0 Å². The highest BCUT2D eigenvalue weighted by atomic mass is 16.6. The van der Waals surface area contributed by atoms with Gasteiger partial charge in [-0.3, -0.25) is 14.4 Å². The van der Waals surface area contributed by atoms with Crippen LogP contribution in [0.15, 0.2) is 25.3 Å². The van der Waals surface area contributed by atoms with Gasteiger partial charge >= 0.3 is 23.9 Å². The van der Waals surface area contributed by atoms with E-state index in [4.69, 9.17) is 18.3 Å². The molecular formula is C39H55NO10. The Morgan fingerprint density at radius 1 is 0.920 bits per heavy atom. The average molecular weight is 698 g/mol. The lowest BCUT2D eigenvalue weighted by atomic mass is 9.34. The van der Waals surface area contributed by atoms with Gasteiger partial charge in [0.05, 0.1) is 11.0 Å². The Labute approximate surface area is 294 Å². The van der Waals surface area contributed by atoms with Crippen molar-refractivity contribution in [1.29, 1.82) is 0 Å². The summed E-state index contributed by atoms with van der Waals surface area (Å²) >= 11 is 0. The van der Waals surface area contributed by atoms with Crippen LogP contribution in [0.3, 0.4) is 0 Å². The number of aliphatic carboxylic acids is 1. The Bertz CT molecular complexity index is 1670. The van der Waals surface area contributed by atoms with Gasteiger partial charge < -0.3 is 28.7 Å². The number of nitrogens with one attached hydrogen (secondary N) is 1. The summed E-state index contributed by atoms with van der Waals surface area (Å²) in [5.41, 5.74) is -2.07. The number of esters is 1. The first-order chi connectivity index (χ1) is 23.3. The summed E-state index contributed by atoms with van der Waals surface area (Å²) in [4.78, 5) is 65.2. The molecule has 0 aromatic carbocycles. The van der Waals surface area contributed by atoms with Crippen LogP contribution in [-0.2, 0) is 36.9 Å². The molecule has 1 heterocycles. The molecule has 5 aliphatic carbocycles. The quantitative estimate of drug-likeness (QED) is 0.280. The highest BCUT2D eigenvalue weighted by Gasteiger charge is 2.71. The summed E-state index contributed by atoms with van der Waals surface area (Å²) in [6, 6.07) is 0. The van der Waals surface area contributed by atoms with Crippen LogP contribution in [0.1, 0.15) is 131 Å². The molecule has 1 aromatic heterocycles. The van der Waals surface area contributed by atoms with Gasteiger partial charge in [0.15, 0.2) is 23.9 Å². The summed E-state index contributed by atoms with van der Waals surface area (Å²) in [6.45, 7) is 16.0. The maximum atomic E-state index is 14.8. The number of carbonyl (C=O) groups excluding carboxylic acids is 3. The lowest BCUT2D eigenvalue weighted by Crippen LogP contribution is -2.72. The first-order valence-corrected chi connectivity index (χ1v) is 18.6. The van der Waals surface area contributed by atoms with E-state index in [0.717, 1.165) is 31.3 Å². The number of carboxylic acid groups (broad SMARTS) is 1. The van der Waals surface area contributed by atoms with Crippen LogP contribution >= 0.6 is 0 Å². The van der Waals surface area contributed by atoms with Gasteiger partial charge in [-0.2, -0.15) is 0 Å². The van der Waals surface area contributed by atoms with Crippen molar-refractivity contribution in [3.63, 3.8) is 0 Å². The fourth-order valence-corrected chi connectivity index (χ4v) is 11.7. The number of allylic oxidation sites excluding steroid dienone is 2. The van der Waals surface area contributed by atoms with E-state index < -0.39 is 45.8 Å². The number of rotatable bonds is 7. The zero-order chi connectivity index (χ0) is 36.7. The Morgan fingerprint density at radius 2 is 1.60 bits per heavy atom. The third kappa shape index (κ3) is 5.30. The van der Waals surface area contributed by atoms with Gasteiger partial charge in [0.2, 0.25) is 0 Å². The lowest BCUT2D eigenvalue weighted by Gasteiger charge is -2.70. The molecule has 11 heteroatoms. The van der Waals surface area contributed by atoms with Crippen molar-refractivity contribution >= 4 is 23.8 Å². The van der Waals surface area contributed by atoms with Gasteiger partial charge in [-0.15, -0.1) is 0 Å². The van der Waals surface area contributed by atoms with Crippen LogP contribution in [0.5, 0.6) is 0 Å². The maximum Gasteiger partial charge on any atom is 0.519 e. The van der Waals surface area contributed by atoms with Crippen molar-refractivity contribution in [1.82, 2.24) is 5.32 Å². The van der Waals surface area contributed by atoms with E-state index in [-0.39, 0.29) is 59.1 Å². The van der Waals surface area contributed by atoms with Crippen molar-refractivity contribution in [3.8, 4) is 0 Å². The molecule has 5 aliphatic rings. The maximum absolute atomic E-state index is 14.8. The minimum Gasteiger partial charge on any atom is -0.481 e. The van der Waals surface area contributed by atoms with Crippen molar-refractivity contribution in [2.75, 3.05) is 0 Å². The molecule has 2 N–H and O–H groups in total. The molecule has 0 saturated heterocycles. The molecule has 1 aromatic rings. The summed E-state index contributed by atoms with van der Waals surface area (Å²) in [6.07, 6.45) is 7.49. The number of ether oxygens (including phenoxy) is 2. The minimum atomic E-state index is -1.07. The van der Waals surface area contributed by atoms with E-state index in [2.05, 4.69) is 33.0 Å². The number of alkyl carbamates (subject to hydrolysis) is 1. The highest BCUT2D eigenvalue weighted by molar-refractivity contribution is 5.96. The van der Waals surface area contributed by atoms with Crippen LogP contribution in [0.4, 0.5) is 4.79 Å². The molecule has 6 rings (SSSR count). The smallest absolute Gasteiger partial charge is 0.481 e. The van der Waals surface area contributed by atoms with E-state index in [1.807, 2.05) is 19.9 Å². The second-order valence-corrected chi connectivity index (χ2v) is 17.6. The minimum absolute atomic E-state index is 0.0159. The molecule has 11 nitrogen and oxygen atoms in total. The van der Waals surface area contributed by atoms with Crippen LogP contribution in [0, 0.1) is 44.8 Å². The van der Waals surface area contributed by atoms with E-state index in [1.165, 1.54) is 0 Å². The Morgan fingerprint density at radius 3 is 2.26 bits per heavy atom. The number of hydrogen-bond acceptors (Lipinski definition) is 9. The van der Waals surface area contributed by atoms with Crippen LogP contribution in [0.2, 0.25) is 0 Å². The van der Waals surface area contributed by atoms with Crippen molar-refractivity contribution in [3.05, 3.63) is 33.8 Å². The summed E-state index contributed by atoms with van der Waals surface area (Å²) in [5, 5.41) is 13.3. The molecule has 4 fully saturated rings. The lowest BCUT2D eigenvalue weighted by molar-refractivity contribution is -0.200. The fraction of sp³-hybridized carbons (Fsp3) is 0.769. The zero-order valence-corrected chi connectivity index (χ0v) is 31.0. The molecule has 50 heavy (non-hydrogen) atoms. The van der Waals surface area contributed by atoms with Crippen LogP contribution in [0.25, 0.3) is 0 Å². The molecule has 0 unspecified atom stereocenters. The number of fused-ring (bicyclic) bond motifs is 7. The Hall–Kier alpha value is -3.37. The summed E-state index contributed by atoms with van der Waals surface area (Å²) in [5.74, 6) is -2.04. The largest absolute Gasteiger partial charge is 0.519 e. The van der Waals surface area contributed by atoms with E-state index in [1.54, 1.807) is 13.8 Å². The normalized spacial score (nSPS) is 42.2. The predicted molar refractivity (Wildman–Crippen MR) is 182 cm³/mol. The van der Waals surface area contributed by atoms with Gasteiger partial charge in [-0.05, 0) is 111 Å². The van der Waals surface area contributed by atoms with Crippen LogP contribution in [-0.4, -0.2) is 40.6 Å². The second-order valence-electron chi connectivity index (χ2n) is 17.6. The number of ketones is 1. The number of carbonyl (C=O) groups is 4. The number of aryl methyl sites for hydroxylation is 1. The van der Waals surface area contributed by atoms with E-state index in [9.17, 15) is 29.1 Å². The topological polar surface area (TPSA) is 162 Å². The molecule has 276 valence electrons. The SMILES string of the molecule is CCC(=O)O[C@H]1CC[C@@]2(C)[C@@H](CC[C@]3(C)[C@@H]2C(=O)C=C2[C@@H]4C[C@@](C)(C(=O)O)CC[C@]4(C)CC[C@]23C)[C@]1(C)NC(=O)OCc1oc(=O)oc1CC. The molecular weight excluding hydrogens is 642 g/mol. The second kappa shape index (κ2) is 12.1. The predicted octanol–water partition coefficient (Wildman–Crippen LogP) is 7.14. The van der Waals surface area contributed by atoms with Gasteiger partial charge in [0.25, 0.3) is 0 Å². The van der Waals surface area contributed by atoms with Gasteiger partial charge in [0, 0.05) is 18.8 Å².